The maximum absolute atomic E-state index is 12.8. The van der Waals surface area contributed by atoms with Gasteiger partial charge in [-0.2, -0.15) is 0 Å². The Morgan fingerprint density at radius 2 is 1.87 bits per heavy atom. The highest BCUT2D eigenvalue weighted by atomic mass is 32.1. The standard InChI is InChI=1S/C20H19N3O6S/c1-10(2)8-23-17-15(16(24)21(3)19(23)27)14(18(25)26)13(30-17)9-22-11-6-4-5-7-12(11)29-20(22)28/h4-7,10H,8-9H2,1-3H3,(H,25,26). The van der Waals surface area contributed by atoms with E-state index in [1.165, 1.54) is 16.2 Å². The first-order valence-corrected chi connectivity index (χ1v) is 10.1. The molecule has 4 aromatic rings. The van der Waals surface area contributed by atoms with Gasteiger partial charge in [0.25, 0.3) is 5.56 Å². The number of carboxylic acid groups (broad SMARTS) is 1. The molecule has 0 unspecified atom stereocenters. The summed E-state index contributed by atoms with van der Waals surface area (Å²) < 4.78 is 8.90. The first-order chi connectivity index (χ1) is 14.2. The summed E-state index contributed by atoms with van der Waals surface area (Å²) in [4.78, 5) is 50.6. The quantitative estimate of drug-likeness (QED) is 0.519. The molecule has 4 rings (SSSR count). The molecule has 0 atom stereocenters. The normalized spacial score (nSPS) is 11.7. The molecule has 10 heteroatoms. The Morgan fingerprint density at radius 3 is 2.53 bits per heavy atom. The van der Waals surface area contributed by atoms with Crippen LogP contribution in [-0.4, -0.2) is 24.8 Å². The average molecular weight is 429 g/mol. The summed E-state index contributed by atoms with van der Waals surface area (Å²) in [7, 11) is 1.33. The highest BCUT2D eigenvalue weighted by Gasteiger charge is 2.26. The third-order valence-corrected chi connectivity index (χ3v) is 6.08. The molecule has 1 aromatic carbocycles. The lowest BCUT2D eigenvalue weighted by molar-refractivity contribution is 0.0698. The van der Waals surface area contributed by atoms with Crippen molar-refractivity contribution < 1.29 is 14.3 Å². The lowest BCUT2D eigenvalue weighted by atomic mass is 10.1. The summed E-state index contributed by atoms with van der Waals surface area (Å²) in [6, 6.07) is 6.81. The van der Waals surface area contributed by atoms with Crippen molar-refractivity contribution in [1.82, 2.24) is 13.7 Å². The van der Waals surface area contributed by atoms with Crippen LogP contribution in [0.3, 0.4) is 0 Å². The van der Waals surface area contributed by atoms with Gasteiger partial charge in [-0.1, -0.05) is 26.0 Å². The molecular formula is C20H19N3O6S. The van der Waals surface area contributed by atoms with Crippen LogP contribution in [0, 0.1) is 5.92 Å². The molecule has 0 amide bonds. The number of hydrogen-bond donors (Lipinski definition) is 1. The van der Waals surface area contributed by atoms with E-state index in [1.807, 2.05) is 13.8 Å². The zero-order valence-corrected chi connectivity index (χ0v) is 17.4. The fourth-order valence-corrected chi connectivity index (χ4v) is 4.82. The molecule has 3 aromatic heterocycles. The molecule has 0 aliphatic rings. The van der Waals surface area contributed by atoms with Gasteiger partial charge >= 0.3 is 17.4 Å². The second-order valence-corrected chi connectivity index (χ2v) is 8.54. The van der Waals surface area contributed by atoms with Gasteiger partial charge in [0.15, 0.2) is 5.58 Å². The smallest absolute Gasteiger partial charge is 0.420 e. The number of hydrogen-bond acceptors (Lipinski definition) is 6. The number of carboxylic acids is 1. The van der Waals surface area contributed by atoms with Gasteiger partial charge in [0.2, 0.25) is 0 Å². The number of carbonyl (C=O) groups is 1. The molecule has 3 heterocycles. The number of para-hydroxylation sites is 2. The number of benzene rings is 1. The van der Waals surface area contributed by atoms with Crippen LogP contribution in [0.15, 0.2) is 43.1 Å². The van der Waals surface area contributed by atoms with Crippen molar-refractivity contribution in [2.75, 3.05) is 0 Å². The Morgan fingerprint density at radius 1 is 1.17 bits per heavy atom. The Kier molecular flexibility index (Phi) is 4.73. The van der Waals surface area contributed by atoms with Gasteiger partial charge in [-0.3, -0.25) is 18.5 Å². The Balaban J connectivity index is 2.04. The number of rotatable bonds is 5. The number of fused-ring (bicyclic) bond motifs is 2. The van der Waals surface area contributed by atoms with Crippen LogP contribution in [0.1, 0.15) is 29.1 Å². The SMILES string of the molecule is CC(C)Cn1c(=O)n(C)c(=O)c2c(C(=O)O)c(Cn3c(=O)oc4ccccc43)sc21. The first-order valence-electron chi connectivity index (χ1n) is 9.27. The van der Waals surface area contributed by atoms with Crippen LogP contribution < -0.4 is 17.0 Å². The Labute approximate surface area is 173 Å². The van der Waals surface area contributed by atoms with Crippen LogP contribution >= 0.6 is 11.3 Å². The second-order valence-electron chi connectivity index (χ2n) is 7.46. The molecule has 0 saturated carbocycles. The monoisotopic (exact) mass is 429 g/mol. The third-order valence-electron chi connectivity index (χ3n) is 4.88. The largest absolute Gasteiger partial charge is 0.478 e. The molecule has 0 aliphatic heterocycles. The Bertz CT molecular complexity index is 1480. The zero-order chi connectivity index (χ0) is 21.7. The number of nitrogens with zero attached hydrogens (tertiary/aromatic N) is 3. The summed E-state index contributed by atoms with van der Waals surface area (Å²) in [6.45, 7) is 4.09. The highest BCUT2D eigenvalue weighted by molar-refractivity contribution is 7.19. The molecule has 0 fully saturated rings. The minimum atomic E-state index is -1.29. The van der Waals surface area contributed by atoms with Crippen LogP contribution in [0.25, 0.3) is 21.3 Å². The van der Waals surface area contributed by atoms with Gasteiger partial charge in [0, 0.05) is 18.5 Å². The van der Waals surface area contributed by atoms with Gasteiger partial charge in [0.1, 0.15) is 4.83 Å². The van der Waals surface area contributed by atoms with E-state index in [1.54, 1.807) is 24.3 Å². The maximum Gasteiger partial charge on any atom is 0.420 e. The second kappa shape index (κ2) is 7.13. The summed E-state index contributed by atoms with van der Waals surface area (Å²) in [6.07, 6.45) is 0. The van der Waals surface area contributed by atoms with Crippen LogP contribution in [-0.2, 0) is 20.1 Å². The lowest BCUT2D eigenvalue weighted by Crippen LogP contribution is -2.38. The fourth-order valence-electron chi connectivity index (χ4n) is 3.55. The van der Waals surface area contributed by atoms with E-state index in [0.717, 1.165) is 15.9 Å². The minimum absolute atomic E-state index is 0.0221. The lowest BCUT2D eigenvalue weighted by Gasteiger charge is -2.11. The molecule has 1 N–H and O–H groups in total. The molecule has 9 nitrogen and oxygen atoms in total. The number of aromatic carboxylic acids is 1. The molecule has 0 radical (unpaired) electrons. The molecular weight excluding hydrogens is 410 g/mol. The van der Waals surface area contributed by atoms with Crippen molar-refractivity contribution in [1.29, 1.82) is 0 Å². The topological polar surface area (TPSA) is 116 Å². The molecule has 0 saturated heterocycles. The van der Waals surface area contributed by atoms with Crippen LogP contribution in [0.4, 0.5) is 0 Å². The summed E-state index contributed by atoms with van der Waals surface area (Å²) in [5, 5.41) is 9.86. The van der Waals surface area contributed by atoms with Crippen molar-refractivity contribution in [3.63, 3.8) is 0 Å². The van der Waals surface area contributed by atoms with E-state index in [9.17, 15) is 24.3 Å². The maximum atomic E-state index is 12.8. The minimum Gasteiger partial charge on any atom is -0.478 e. The molecule has 156 valence electrons. The van der Waals surface area contributed by atoms with Crippen LogP contribution in [0.2, 0.25) is 0 Å². The molecule has 0 spiro atoms. The van der Waals surface area contributed by atoms with Gasteiger partial charge in [0.05, 0.1) is 23.0 Å². The third kappa shape index (κ3) is 3.00. The van der Waals surface area contributed by atoms with Crippen molar-refractivity contribution >= 4 is 38.6 Å². The predicted octanol–water partition coefficient (Wildman–Crippen LogP) is 2.07. The molecule has 0 bridgehead atoms. The fraction of sp³-hybridized carbons (Fsp3) is 0.300. The van der Waals surface area contributed by atoms with E-state index in [2.05, 4.69) is 0 Å². The summed E-state index contributed by atoms with van der Waals surface area (Å²) in [5.74, 6) is -1.82. The van der Waals surface area contributed by atoms with Gasteiger partial charge < -0.3 is 9.52 Å². The summed E-state index contributed by atoms with van der Waals surface area (Å²) >= 11 is 1.04. The van der Waals surface area contributed by atoms with Gasteiger partial charge in [-0.15, -0.1) is 11.3 Å². The van der Waals surface area contributed by atoms with Crippen molar-refractivity contribution in [3.8, 4) is 0 Å². The van der Waals surface area contributed by atoms with Crippen LogP contribution in [0.5, 0.6) is 0 Å². The van der Waals surface area contributed by atoms with E-state index < -0.39 is 23.0 Å². The van der Waals surface area contributed by atoms with Gasteiger partial charge in [-0.25, -0.2) is 14.4 Å². The van der Waals surface area contributed by atoms with Crippen molar-refractivity contribution in [3.05, 3.63) is 66.1 Å². The van der Waals surface area contributed by atoms with E-state index in [4.69, 9.17) is 4.42 Å². The first kappa shape index (κ1) is 19.9. The highest BCUT2D eigenvalue weighted by Crippen LogP contribution is 2.30. The predicted molar refractivity (Wildman–Crippen MR) is 113 cm³/mol. The van der Waals surface area contributed by atoms with E-state index >= 15 is 0 Å². The zero-order valence-electron chi connectivity index (χ0n) is 16.5. The number of thiophene rings is 1. The number of oxazole rings is 1. The average Bonchev–Trinajstić information content (AvgIpc) is 3.22. The Hall–Kier alpha value is -3.40. The van der Waals surface area contributed by atoms with Gasteiger partial charge in [-0.05, 0) is 18.1 Å². The number of aromatic nitrogens is 3. The van der Waals surface area contributed by atoms with Crippen molar-refractivity contribution in [2.45, 2.75) is 26.9 Å². The van der Waals surface area contributed by atoms with E-state index in [-0.39, 0.29) is 23.4 Å². The molecule has 0 aliphatic carbocycles. The molecule has 30 heavy (non-hydrogen) atoms. The van der Waals surface area contributed by atoms with E-state index in [0.29, 0.717) is 27.4 Å². The summed E-state index contributed by atoms with van der Waals surface area (Å²) in [5.41, 5.74) is -0.460. The van der Waals surface area contributed by atoms with Crippen molar-refractivity contribution in [2.24, 2.45) is 13.0 Å².